The van der Waals surface area contributed by atoms with Gasteiger partial charge in [0, 0.05) is 33.4 Å². The Labute approximate surface area is 91.5 Å². The van der Waals surface area contributed by atoms with Gasteiger partial charge in [-0.15, -0.1) is 0 Å². The Morgan fingerprint density at radius 3 is 1.80 bits per heavy atom. The van der Waals surface area contributed by atoms with Gasteiger partial charge in [0.15, 0.2) is 0 Å². The number of hydrogen-bond donors (Lipinski definition) is 4. The molecule has 0 aliphatic heterocycles. The largest absolute Gasteiger partial charge is 0.388 e. The lowest BCUT2D eigenvalue weighted by atomic mass is 10.2. The van der Waals surface area contributed by atoms with Crippen LogP contribution in [0.5, 0.6) is 0 Å². The van der Waals surface area contributed by atoms with Gasteiger partial charge in [-0.2, -0.15) is 0 Å². The van der Waals surface area contributed by atoms with E-state index in [0.717, 1.165) is 29.3 Å². The molecule has 1 aromatic carbocycles. The maximum atomic E-state index is 3.35. The van der Waals surface area contributed by atoms with Crippen molar-refractivity contribution in [3.63, 3.8) is 0 Å². The Morgan fingerprint density at radius 2 is 1.47 bits per heavy atom. The third kappa shape index (κ3) is 2.46. The fraction of sp³-hybridized carbons (Fsp3) is 0.455. The second-order valence-corrected chi connectivity index (χ2v) is 3.23. The number of nitrogens with one attached hydrogen (secondary N) is 4. The minimum absolute atomic E-state index is 0.905. The van der Waals surface area contributed by atoms with Crippen molar-refractivity contribution in [1.82, 2.24) is 0 Å². The molecule has 4 N–H and O–H groups in total. The van der Waals surface area contributed by atoms with Gasteiger partial charge in [-0.05, 0) is 19.1 Å². The second-order valence-electron chi connectivity index (χ2n) is 3.23. The van der Waals surface area contributed by atoms with Crippen molar-refractivity contribution >= 4 is 22.7 Å². The summed E-state index contributed by atoms with van der Waals surface area (Å²) in [6.45, 7) is 2.99. The zero-order valence-electron chi connectivity index (χ0n) is 9.86. The van der Waals surface area contributed by atoms with Crippen molar-refractivity contribution in [3.05, 3.63) is 12.1 Å². The van der Waals surface area contributed by atoms with Crippen LogP contribution in [0.1, 0.15) is 6.92 Å². The molecule has 0 atom stereocenters. The quantitative estimate of drug-likeness (QED) is 0.599. The van der Waals surface area contributed by atoms with Gasteiger partial charge in [-0.1, -0.05) is 0 Å². The number of benzene rings is 1. The Morgan fingerprint density at radius 1 is 0.933 bits per heavy atom. The first-order valence-electron chi connectivity index (χ1n) is 5.22. The van der Waals surface area contributed by atoms with Crippen LogP contribution in [0, 0.1) is 0 Å². The van der Waals surface area contributed by atoms with E-state index in [9.17, 15) is 0 Å². The van der Waals surface area contributed by atoms with Crippen LogP contribution in [0.3, 0.4) is 0 Å². The maximum Gasteiger partial charge on any atom is 0.0812 e. The van der Waals surface area contributed by atoms with Gasteiger partial charge in [-0.25, -0.2) is 0 Å². The zero-order valence-corrected chi connectivity index (χ0v) is 9.86. The molecule has 84 valence electrons. The molecule has 0 aromatic heterocycles. The second kappa shape index (κ2) is 5.34. The van der Waals surface area contributed by atoms with Crippen molar-refractivity contribution in [2.45, 2.75) is 6.92 Å². The standard InChI is InChI=1S/C11H20N4/c1-5-15-11-9(13-3)6-8(12-2)7-10(11)14-4/h6-7,12-15H,5H2,1-4H3. The summed E-state index contributed by atoms with van der Waals surface area (Å²) < 4.78 is 0. The van der Waals surface area contributed by atoms with Gasteiger partial charge in [0.1, 0.15) is 0 Å². The van der Waals surface area contributed by atoms with Gasteiger partial charge in [0.2, 0.25) is 0 Å². The van der Waals surface area contributed by atoms with Gasteiger partial charge in [0.25, 0.3) is 0 Å². The summed E-state index contributed by atoms with van der Waals surface area (Å²) in [5, 5.41) is 12.9. The number of hydrogen-bond acceptors (Lipinski definition) is 4. The topological polar surface area (TPSA) is 48.1 Å². The lowest BCUT2D eigenvalue weighted by Gasteiger charge is -2.17. The fourth-order valence-corrected chi connectivity index (χ4v) is 1.55. The first-order chi connectivity index (χ1) is 7.26. The Bertz CT molecular complexity index is 297. The molecule has 0 unspecified atom stereocenters. The molecule has 1 rings (SSSR count). The first kappa shape index (κ1) is 11.5. The summed E-state index contributed by atoms with van der Waals surface area (Å²) in [6, 6.07) is 4.16. The van der Waals surface area contributed by atoms with E-state index in [4.69, 9.17) is 0 Å². The SMILES string of the molecule is CCNc1c(NC)cc(NC)cc1NC. The highest BCUT2D eigenvalue weighted by Crippen LogP contribution is 2.33. The molecule has 0 bridgehead atoms. The summed E-state index contributed by atoms with van der Waals surface area (Å²) in [6.07, 6.45) is 0. The third-order valence-corrected chi connectivity index (χ3v) is 2.32. The van der Waals surface area contributed by atoms with Gasteiger partial charge >= 0.3 is 0 Å². The van der Waals surface area contributed by atoms with E-state index in [1.807, 2.05) is 21.1 Å². The fourth-order valence-electron chi connectivity index (χ4n) is 1.55. The van der Waals surface area contributed by atoms with Crippen LogP contribution in [0.15, 0.2) is 12.1 Å². The molecular weight excluding hydrogens is 188 g/mol. The molecule has 0 fully saturated rings. The highest BCUT2D eigenvalue weighted by Gasteiger charge is 2.07. The van der Waals surface area contributed by atoms with Crippen molar-refractivity contribution in [2.75, 3.05) is 49.0 Å². The Balaban J connectivity index is 3.19. The molecule has 0 spiro atoms. The van der Waals surface area contributed by atoms with E-state index in [0.29, 0.717) is 0 Å². The molecule has 0 saturated carbocycles. The van der Waals surface area contributed by atoms with E-state index in [1.165, 1.54) is 0 Å². The summed E-state index contributed by atoms with van der Waals surface area (Å²) in [4.78, 5) is 0. The molecule has 0 radical (unpaired) electrons. The van der Waals surface area contributed by atoms with Crippen LogP contribution in [0.2, 0.25) is 0 Å². The highest BCUT2D eigenvalue weighted by molar-refractivity contribution is 5.86. The zero-order chi connectivity index (χ0) is 11.3. The molecule has 4 heteroatoms. The number of rotatable bonds is 5. The van der Waals surface area contributed by atoms with E-state index >= 15 is 0 Å². The van der Waals surface area contributed by atoms with E-state index < -0.39 is 0 Å². The monoisotopic (exact) mass is 208 g/mol. The van der Waals surface area contributed by atoms with Crippen molar-refractivity contribution in [1.29, 1.82) is 0 Å². The average molecular weight is 208 g/mol. The van der Waals surface area contributed by atoms with Crippen LogP contribution < -0.4 is 21.3 Å². The molecule has 0 saturated heterocycles. The molecule has 0 aliphatic rings. The van der Waals surface area contributed by atoms with Crippen LogP contribution >= 0.6 is 0 Å². The van der Waals surface area contributed by atoms with Gasteiger partial charge in [-0.3, -0.25) is 0 Å². The minimum Gasteiger partial charge on any atom is -0.388 e. The van der Waals surface area contributed by atoms with Crippen LogP contribution in [0.4, 0.5) is 22.7 Å². The molecule has 15 heavy (non-hydrogen) atoms. The maximum absolute atomic E-state index is 3.35. The first-order valence-corrected chi connectivity index (χ1v) is 5.22. The van der Waals surface area contributed by atoms with E-state index in [2.05, 4.69) is 40.3 Å². The van der Waals surface area contributed by atoms with Crippen LogP contribution in [0.25, 0.3) is 0 Å². The molecule has 0 aliphatic carbocycles. The Kier molecular flexibility index (Phi) is 4.09. The summed E-state index contributed by atoms with van der Waals surface area (Å²) >= 11 is 0. The predicted octanol–water partition coefficient (Wildman–Crippen LogP) is 2.24. The van der Waals surface area contributed by atoms with E-state index in [1.54, 1.807) is 0 Å². The lowest BCUT2D eigenvalue weighted by Crippen LogP contribution is -2.06. The minimum atomic E-state index is 0.905. The van der Waals surface area contributed by atoms with Crippen molar-refractivity contribution < 1.29 is 0 Å². The molecule has 0 amide bonds. The average Bonchev–Trinajstić information content (AvgIpc) is 2.29. The number of anilines is 4. The molecule has 0 heterocycles. The highest BCUT2D eigenvalue weighted by atomic mass is 15.0. The van der Waals surface area contributed by atoms with Crippen LogP contribution in [-0.4, -0.2) is 27.7 Å². The van der Waals surface area contributed by atoms with Gasteiger partial charge in [0.05, 0.1) is 17.1 Å². The predicted molar refractivity (Wildman–Crippen MR) is 69.2 cm³/mol. The summed E-state index contributed by atoms with van der Waals surface area (Å²) in [5.41, 5.74) is 4.38. The normalized spacial score (nSPS) is 9.60. The van der Waals surface area contributed by atoms with Gasteiger partial charge < -0.3 is 21.3 Å². The van der Waals surface area contributed by atoms with Crippen molar-refractivity contribution in [3.8, 4) is 0 Å². The molecule has 4 nitrogen and oxygen atoms in total. The lowest BCUT2D eigenvalue weighted by molar-refractivity contribution is 1.21. The van der Waals surface area contributed by atoms with E-state index in [-0.39, 0.29) is 0 Å². The smallest absolute Gasteiger partial charge is 0.0812 e. The third-order valence-electron chi connectivity index (χ3n) is 2.32. The summed E-state index contributed by atoms with van der Waals surface area (Å²) in [7, 11) is 5.77. The summed E-state index contributed by atoms with van der Waals surface area (Å²) in [5.74, 6) is 0. The van der Waals surface area contributed by atoms with Crippen LogP contribution in [-0.2, 0) is 0 Å². The Hall–Kier alpha value is -1.58. The molecule has 1 aromatic rings. The molecular formula is C11H20N4. The van der Waals surface area contributed by atoms with Crippen molar-refractivity contribution in [2.24, 2.45) is 0 Å².